The van der Waals surface area contributed by atoms with Crippen LogP contribution in [0.3, 0.4) is 0 Å². The van der Waals surface area contributed by atoms with Crippen LogP contribution in [0, 0.1) is 0 Å². The van der Waals surface area contributed by atoms with Crippen molar-refractivity contribution in [2.45, 2.75) is 18.9 Å². The van der Waals surface area contributed by atoms with Crippen LogP contribution in [0.15, 0.2) is 29.6 Å². The van der Waals surface area contributed by atoms with E-state index in [2.05, 4.69) is 32.2 Å². The second-order valence-corrected chi connectivity index (χ2v) is 7.27. The Morgan fingerprint density at radius 1 is 1.16 bits per heavy atom. The third-order valence-electron chi connectivity index (χ3n) is 4.63. The normalized spacial score (nSPS) is 17.5. The Labute approximate surface area is 151 Å². The number of benzene rings is 1. The molecule has 1 N–H and O–H groups in total. The maximum Gasteiger partial charge on any atom is 0.271 e. The summed E-state index contributed by atoms with van der Waals surface area (Å²) in [4.78, 5) is 21.2. The monoisotopic (exact) mass is 358 g/mol. The highest BCUT2D eigenvalue weighted by Gasteiger charge is 2.26. The number of methoxy groups -OCH3 is 1. The average molecular weight is 358 g/mol. The van der Waals surface area contributed by atoms with Crippen LogP contribution < -0.4 is 19.9 Å². The molecule has 6 nitrogen and oxygen atoms in total. The second kappa shape index (κ2) is 6.92. The topological polar surface area (TPSA) is 57.7 Å². The summed E-state index contributed by atoms with van der Waals surface area (Å²) in [6.07, 6.45) is 2.19. The minimum absolute atomic E-state index is 0.0399. The smallest absolute Gasteiger partial charge is 0.271 e. The largest absolute Gasteiger partial charge is 0.497 e. The van der Waals surface area contributed by atoms with Crippen LogP contribution in [0.5, 0.6) is 5.75 Å². The van der Waals surface area contributed by atoms with E-state index in [0.717, 1.165) is 49.9 Å². The molecule has 25 heavy (non-hydrogen) atoms. The van der Waals surface area contributed by atoms with Crippen LogP contribution in [-0.2, 0) is 0 Å². The van der Waals surface area contributed by atoms with E-state index in [1.807, 2.05) is 17.5 Å². The van der Waals surface area contributed by atoms with Crippen LogP contribution in [0.25, 0.3) is 0 Å². The fourth-order valence-electron chi connectivity index (χ4n) is 2.95. The van der Waals surface area contributed by atoms with Crippen molar-refractivity contribution >= 4 is 28.1 Å². The quantitative estimate of drug-likeness (QED) is 0.889. The van der Waals surface area contributed by atoms with Crippen molar-refractivity contribution in [1.29, 1.82) is 0 Å². The minimum atomic E-state index is -0.0399. The van der Waals surface area contributed by atoms with Crippen molar-refractivity contribution < 1.29 is 9.53 Å². The van der Waals surface area contributed by atoms with Gasteiger partial charge in [0.2, 0.25) is 0 Å². The highest BCUT2D eigenvalue weighted by atomic mass is 32.1. The predicted octanol–water partition coefficient (Wildman–Crippen LogP) is 2.37. The van der Waals surface area contributed by atoms with Crippen LogP contribution >= 0.6 is 11.3 Å². The highest BCUT2D eigenvalue weighted by Crippen LogP contribution is 2.26. The van der Waals surface area contributed by atoms with E-state index in [1.54, 1.807) is 18.4 Å². The van der Waals surface area contributed by atoms with E-state index in [0.29, 0.717) is 11.7 Å². The molecule has 1 saturated heterocycles. The molecule has 4 rings (SSSR count). The summed E-state index contributed by atoms with van der Waals surface area (Å²) in [6, 6.07) is 8.54. The maximum absolute atomic E-state index is 12.1. The molecule has 1 aliphatic carbocycles. The molecule has 0 unspecified atom stereocenters. The van der Waals surface area contributed by atoms with Crippen LogP contribution in [0.4, 0.5) is 10.8 Å². The molecule has 1 aromatic heterocycles. The number of aromatic nitrogens is 1. The fraction of sp³-hybridized carbons (Fsp3) is 0.444. The number of hydrogen-bond acceptors (Lipinski definition) is 6. The Kier molecular flexibility index (Phi) is 4.48. The molecule has 0 atom stereocenters. The first kappa shape index (κ1) is 16.2. The second-order valence-electron chi connectivity index (χ2n) is 6.44. The molecule has 7 heteroatoms. The first-order valence-electron chi connectivity index (χ1n) is 8.63. The lowest BCUT2D eigenvalue weighted by molar-refractivity contribution is 0.0947. The first-order chi connectivity index (χ1) is 12.2. The van der Waals surface area contributed by atoms with E-state index < -0.39 is 0 Å². The molecule has 2 heterocycles. The van der Waals surface area contributed by atoms with Gasteiger partial charge in [-0.25, -0.2) is 4.98 Å². The number of thiazole rings is 1. The Bertz CT molecular complexity index is 734. The standard InChI is InChI=1S/C18H22N4O2S/c1-24-15-6-4-14(5-7-15)21-8-10-22(11-9-21)18-20-16(12-25-18)17(23)19-13-2-3-13/h4-7,12-13H,2-3,8-11H2,1H3,(H,19,23). The van der Waals surface area contributed by atoms with Crippen molar-refractivity contribution in [1.82, 2.24) is 10.3 Å². The molecular formula is C18H22N4O2S. The first-order valence-corrected chi connectivity index (χ1v) is 9.51. The molecule has 0 bridgehead atoms. The molecule has 1 aliphatic heterocycles. The summed E-state index contributed by atoms with van der Waals surface area (Å²) in [5, 5.41) is 5.80. The average Bonchev–Trinajstić information content (AvgIpc) is 3.33. The number of anilines is 2. The minimum Gasteiger partial charge on any atom is -0.497 e. The van der Waals surface area contributed by atoms with Crippen LogP contribution in [-0.4, -0.2) is 50.2 Å². The number of nitrogens with zero attached hydrogens (tertiary/aromatic N) is 3. The summed E-state index contributed by atoms with van der Waals surface area (Å²) in [7, 11) is 1.68. The van der Waals surface area contributed by atoms with Gasteiger partial charge in [-0.15, -0.1) is 11.3 Å². The van der Waals surface area contributed by atoms with Gasteiger partial charge in [0.1, 0.15) is 11.4 Å². The van der Waals surface area contributed by atoms with Crippen LogP contribution in [0.2, 0.25) is 0 Å². The van der Waals surface area contributed by atoms with E-state index >= 15 is 0 Å². The predicted molar refractivity (Wildman–Crippen MR) is 100 cm³/mol. The zero-order valence-corrected chi connectivity index (χ0v) is 15.1. The maximum atomic E-state index is 12.1. The molecule has 1 aromatic carbocycles. The van der Waals surface area contributed by atoms with Gasteiger partial charge in [-0.1, -0.05) is 0 Å². The van der Waals surface area contributed by atoms with Crippen molar-refractivity contribution in [2.75, 3.05) is 43.1 Å². The molecular weight excluding hydrogens is 336 g/mol. The lowest BCUT2D eigenvalue weighted by Crippen LogP contribution is -2.46. The van der Waals surface area contributed by atoms with Gasteiger partial charge in [-0.3, -0.25) is 4.79 Å². The fourth-order valence-corrected chi connectivity index (χ4v) is 3.81. The van der Waals surface area contributed by atoms with Gasteiger partial charge in [0.15, 0.2) is 5.13 Å². The lowest BCUT2D eigenvalue weighted by atomic mass is 10.2. The van der Waals surface area contributed by atoms with Gasteiger partial charge in [0, 0.05) is 43.3 Å². The van der Waals surface area contributed by atoms with Crippen molar-refractivity contribution in [3.8, 4) is 5.75 Å². The number of nitrogens with one attached hydrogen (secondary N) is 1. The van der Waals surface area contributed by atoms with Gasteiger partial charge in [0.05, 0.1) is 7.11 Å². The molecule has 1 amide bonds. The molecule has 0 radical (unpaired) electrons. The SMILES string of the molecule is COc1ccc(N2CCN(c3nc(C(=O)NC4CC4)cs3)CC2)cc1. The number of rotatable bonds is 5. The zero-order chi connectivity index (χ0) is 17.2. The number of ether oxygens (including phenoxy) is 1. The Balaban J connectivity index is 1.35. The van der Waals surface area contributed by atoms with E-state index in [1.165, 1.54) is 5.69 Å². The van der Waals surface area contributed by atoms with Crippen molar-refractivity contribution in [3.05, 3.63) is 35.3 Å². The summed E-state index contributed by atoms with van der Waals surface area (Å²) in [5.74, 6) is 0.837. The van der Waals surface area contributed by atoms with Gasteiger partial charge in [-0.05, 0) is 37.1 Å². The number of amides is 1. The number of carbonyl (C=O) groups is 1. The van der Waals surface area contributed by atoms with E-state index in [-0.39, 0.29) is 5.91 Å². The van der Waals surface area contributed by atoms with Gasteiger partial charge in [-0.2, -0.15) is 0 Å². The molecule has 2 aliphatic rings. The van der Waals surface area contributed by atoms with Gasteiger partial charge in [0.25, 0.3) is 5.91 Å². The van der Waals surface area contributed by atoms with Crippen molar-refractivity contribution in [3.63, 3.8) is 0 Å². The van der Waals surface area contributed by atoms with E-state index in [4.69, 9.17) is 4.74 Å². The summed E-state index contributed by atoms with van der Waals surface area (Å²) in [5.41, 5.74) is 1.76. The number of carbonyl (C=O) groups excluding carboxylic acids is 1. The zero-order valence-electron chi connectivity index (χ0n) is 14.3. The van der Waals surface area contributed by atoms with Gasteiger partial charge < -0.3 is 19.9 Å². The summed E-state index contributed by atoms with van der Waals surface area (Å²) in [6.45, 7) is 3.69. The Hall–Kier alpha value is -2.28. The Morgan fingerprint density at radius 3 is 2.48 bits per heavy atom. The summed E-state index contributed by atoms with van der Waals surface area (Å²) >= 11 is 1.55. The molecule has 2 aromatic rings. The Morgan fingerprint density at radius 2 is 1.84 bits per heavy atom. The number of piperazine rings is 1. The highest BCUT2D eigenvalue weighted by molar-refractivity contribution is 7.13. The molecule has 1 saturated carbocycles. The lowest BCUT2D eigenvalue weighted by Gasteiger charge is -2.36. The van der Waals surface area contributed by atoms with Crippen molar-refractivity contribution in [2.24, 2.45) is 0 Å². The van der Waals surface area contributed by atoms with E-state index in [9.17, 15) is 4.79 Å². The van der Waals surface area contributed by atoms with Crippen LogP contribution in [0.1, 0.15) is 23.3 Å². The molecule has 132 valence electrons. The molecule has 0 spiro atoms. The summed E-state index contributed by atoms with van der Waals surface area (Å²) < 4.78 is 5.21. The van der Waals surface area contributed by atoms with Gasteiger partial charge >= 0.3 is 0 Å². The third-order valence-corrected chi connectivity index (χ3v) is 5.53. The number of hydrogen-bond donors (Lipinski definition) is 1. The third kappa shape index (κ3) is 3.71. The molecule has 2 fully saturated rings.